The van der Waals surface area contributed by atoms with Gasteiger partial charge in [-0.3, -0.25) is 0 Å². The third-order valence-corrected chi connectivity index (χ3v) is 2.56. The number of nitrogens with zero attached hydrogens (tertiary/aromatic N) is 2. The van der Waals surface area contributed by atoms with Crippen LogP contribution in [0.1, 0.15) is 18.7 Å². The van der Waals surface area contributed by atoms with Crippen molar-refractivity contribution in [1.29, 1.82) is 0 Å². The fourth-order valence-electron chi connectivity index (χ4n) is 1.75. The Morgan fingerprint density at radius 2 is 1.71 bits per heavy atom. The molecule has 0 bridgehead atoms. The molecule has 10 heteroatoms. The molecule has 0 aromatic carbocycles. The number of ether oxygens (including phenoxy) is 1. The molecule has 0 unspecified atom stereocenters. The lowest BCUT2D eigenvalue weighted by Gasteiger charge is -2.20. The lowest BCUT2D eigenvalue weighted by Crippen LogP contribution is -2.34. The summed E-state index contributed by atoms with van der Waals surface area (Å²) in [6.45, 7) is 1.91. The van der Waals surface area contributed by atoms with Crippen LogP contribution in [-0.2, 0) is 0 Å². The topological polar surface area (TPSA) is 50.8 Å². The van der Waals surface area contributed by atoms with Gasteiger partial charge in [-0.15, -0.1) is 0 Å². The van der Waals surface area contributed by atoms with Gasteiger partial charge in [0, 0.05) is 6.07 Å². The van der Waals surface area contributed by atoms with Gasteiger partial charge in [-0.2, -0.15) is 31.3 Å². The molecule has 0 aliphatic heterocycles. The van der Waals surface area contributed by atoms with E-state index in [0.29, 0.717) is 0 Å². The normalized spacial score (nSPS) is 13.1. The molecule has 4 nitrogen and oxygen atoms in total. The number of hydrogen-bond acceptors (Lipinski definition) is 3. The standard InChI is InChI=1S/C11H9F6N3O/c1-2-21-6-4-3-5-8(19-6)20-9(18-5)7(10(12,13)14)11(15,16)17/h3-4,7H,2H2,1H3,(H,18,19,20). The fourth-order valence-corrected chi connectivity index (χ4v) is 1.75. The van der Waals surface area contributed by atoms with Crippen LogP contribution in [0.4, 0.5) is 26.3 Å². The van der Waals surface area contributed by atoms with E-state index in [1.54, 1.807) is 6.92 Å². The molecule has 1 N–H and O–H groups in total. The van der Waals surface area contributed by atoms with Crippen LogP contribution in [0.3, 0.4) is 0 Å². The summed E-state index contributed by atoms with van der Waals surface area (Å²) < 4.78 is 80.6. The van der Waals surface area contributed by atoms with Gasteiger partial charge in [-0.1, -0.05) is 0 Å². The maximum Gasteiger partial charge on any atom is 0.407 e. The number of pyridine rings is 1. The number of nitrogens with one attached hydrogen (secondary N) is 1. The number of halogens is 6. The third-order valence-electron chi connectivity index (χ3n) is 2.56. The van der Waals surface area contributed by atoms with E-state index in [2.05, 4.69) is 9.97 Å². The van der Waals surface area contributed by atoms with Crippen molar-refractivity contribution in [3.8, 4) is 5.88 Å². The molecular formula is C11H9F6N3O. The monoisotopic (exact) mass is 313 g/mol. The largest absolute Gasteiger partial charge is 0.478 e. The quantitative estimate of drug-likeness (QED) is 0.882. The summed E-state index contributed by atoms with van der Waals surface area (Å²) in [5.41, 5.74) is -0.304. The number of imidazole rings is 1. The van der Waals surface area contributed by atoms with Crippen LogP contribution in [0.15, 0.2) is 12.1 Å². The second-order valence-electron chi connectivity index (χ2n) is 4.09. The Balaban J connectivity index is 2.49. The second kappa shape index (κ2) is 5.08. The molecule has 2 aromatic rings. The van der Waals surface area contributed by atoms with Crippen molar-refractivity contribution in [2.24, 2.45) is 0 Å². The Labute approximate surface area is 114 Å². The molecule has 2 heterocycles. The minimum absolute atomic E-state index is 0.0352. The lowest BCUT2D eigenvalue weighted by molar-refractivity contribution is -0.255. The highest BCUT2D eigenvalue weighted by molar-refractivity contribution is 5.71. The van der Waals surface area contributed by atoms with Crippen molar-refractivity contribution < 1.29 is 31.1 Å². The van der Waals surface area contributed by atoms with E-state index in [1.165, 1.54) is 12.1 Å². The van der Waals surface area contributed by atoms with Crippen molar-refractivity contribution in [2.45, 2.75) is 25.2 Å². The molecule has 0 spiro atoms. The Morgan fingerprint density at radius 1 is 1.10 bits per heavy atom. The Bertz CT molecular complexity index is 619. The molecule has 0 fully saturated rings. The Morgan fingerprint density at radius 3 is 2.24 bits per heavy atom. The van der Waals surface area contributed by atoms with Crippen LogP contribution in [-0.4, -0.2) is 33.9 Å². The zero-order valence-corrected chi connectivity index (χ0v) is 10.5. The predicted octanol–water partition coefficient (Wildman–Crippen LogP) is 3.56. The zero-order chi connectivity index (χ0) is 15.8. The van der Waals surface area contributed by atoms with Gasteiger partial charge in [-0.25, -0.2) is 4.98 Å². The van der Waals surface area contributed by atoms with Gasteiger partial charge < -0.3 is 9.72 Å². The van der Waals surface area contributed by atoms with Crippen LogP contribution in [0, 0.1) is 0 Å². The summed E-state index contributed by atoms with van der Waals surface area (Å²) in [5.74, 6) is -4.86. The van der Waals surface area contributed by atoms with Gasteiger partial charge in [0.05, 0.1) is 12.1 Å². The minimum atomic E-state index is -5.51. The SMILES string of the molecule is CCOc1ccc2[nH]c(C(C(F)(F)F)C(F)(F)F)nc2n1. The maximum atomic E-state index is 12.6. The fraction of sp³-hybridized carbons (Fsp3) is 0.455. The van der Waals surface area contributed by atoms with E-state index in [1.807, 2.05) is 4.98 Å². The molecule has 0 saturated carbocycles. The van der Waals surface area contributed by atoms with Gasteiger partial charge in [0.25, 0.3) is 0 Å². The molecule has 21 heavy (non-hydrogen) atoms. The van der Waals surface area contributed by atoms with Crippen LogP contribution in [0.2, 0.25) is 0 Å². The molecule has 0 aliphatic carbocycles. The Kier molecular flexibility index (Phi) is 3.72. The summed E-state index contributed by atoms with van der Waals surface area (Å²) in [6, 6.07) is 2.58. The first-order valence-corrected chi connectivity index (χ1v) is 5.75. The zero-order valence-electron chi connectivity index (χ0n) is 10.5. The average molecular weight is 313 g/mol. The van der Waals surface area contributed by atoms with Gasteiger partial charge in [0.2, 0.25) is 11.8 Å². The molecule has 116 valence electrons. The van der Waals surface area contributed by atoms with Crippen molar-refractivity contribution in [1.82, 2.24) is 15.0 Å². The summed E-state index contributed by atoms with van der Waals surface area (Å²) in [4.78, 5) is 9.04. The van der Waals surface area contributed by atoms with Crippen LogP contribution in [0.5, 0.6) is 5.88 Å². The summed E-state index contributed by atoms with van der Waals surface area (Å²) in [5, 5.41) is 0. The predicted molar refractivity (Wildman–Crippen MR) is 59.9 cm³/mol. The molecular weight excluding hydrogens is 304 g/mol. The summed E-state index contributed by atoms with van der Waals surface area (Å²) in [6.07, 6.45) is -11.0. The first-order chi connectivity index (χ1) is 9.63. The summed E-state index contributed by atoms with van der Waals surface area (Å²) >= 11 is 0. The second-order valence-corrected chi connectivity index (χ2v) is 4.09. The number of fused-ring (bicyclic) bond motifs is 1. The molecule has 0 atom stereocenters. The van der Waals surface area contributed by atoms with E-state index >= 15 is 0 Å². The number of aromatic nitrogens is 3. The smallest absolute Gasteiger partial charge is 0.407 e. The van der Waals surface area contributed by atoms with Crippen molar-refractivity contribution >= 4 is 11.2 Å². The highest BCUT2D eigenvalue weighted by atomic mass is 19.4. The molecule has 0 aliphatic rings. The Hall–Kier alpha value is -2.00. The third kappa shape index (κ3) is 3.19. The van der Waals surface area contributed by atoms with E-state index < -0.39 is 24.1 Å². The van der Waals surface area contributed by atoms with E-state index in [0.717, 1.165) is 0 Å². The molecule has 2 rings (SSSR count). The molecule has 0 radical (unpaired) electrons. The number of hydrogen-bond donors (Lipinski definition) is 1. The van der Waals surface area contributed by atoms with Crippen molar-refractivity contribution in [3.63, 3.8) is 0 Å². The highest BCUT2D eigenvalue weighted by Crippen LogP contribution is 2.45. The number of H-pyrrole nitrogens is 1. The minimum Gasteiger partial charge on any atom is -0.478 e. The first-order valence-electron chi connectivity index (χ1n) is 5.75. The van der Waals surface area contributed by atoms with Gasteiger partial charge in [0.15, 0.2) is 5.65 Å². The number of rotatable bonds is 3. The van der Waals surface area contributed by atoms with Crippen LogP contribution in [0.25, 0.3) is 11.2 Å². The van der Waals surface area contributed by atoms with E-state index in [9.17, 15) is 26.3 Å². The average Bonchev–Trinajstić information content (AvgIpc) is 2.67. The highest BCUT2D eigenvalue weighted by Gasteiger charge is 2.59. The molecule has 0 amide bonds. The number of aromatic amines is 1. The van der Waals surface area contributed by atoms with Crippen molar-refractivity contribution in [2.75, 3.05) is 6.61 Å². The lowest BCUT2D eigenvalue weighted by atomic mass is 10.1. The van der Waals surface area contributed by atoms with Crippen molar-refractivity contribution in [3.05, 3.63) is 18.0 Å². The van der Waals surface area contributed by atoms with Gasteiger partial charge in [0.1, 0.15) is 5.82 Å². The van der Waals surface area contributed by atoms with E-state index in [-0.39, 0.29) is 23.7 Å². The van der Waals surface area contributed by atoms with E-state index in [4.69, 9.17) is 4.74 Å². The van der Waals surface area contributed by atoms with Gasteiger partial charge >= 0.3 is 12.4 Å². The first kappa shape index (κ1) is 15.4. The van der Waals surface area contributed by atoms with Crippen LogP contribution >= 0.6 is 0 Å². The summed E-state index contributed by atoms with van der Waals surface area (Å²) in [7, 11) is 0. The van der Waals surface area contributed by atoms with Crippen LogP contribution < -0.4 is 4.74 Å². The van der Waals surface area contributed by atoms with Gasteiger partial charge in [-0.05, 0) is 13.0 Å². The maximum absolute atomic E-state index is 12.6. The number of alkyl halides is 6. The molecule has 0 saturated heterocycles. The molecule has 2 aromatic heterocycles.